The van der Waals surface area contributed by atoms with Gasteiger partial charge in [0.25, 0.3) is 0 Å². The number of hydrogen-bond donors (Lipinski definition) is 3. The second-order valence-corrected chi connectivity index (χ2v) is 5.63. The zero-order valence-corrected chi connectivity index (χ0v) is 11.6. The topological polar surface area (TPSA) is 71.2 Å². The molecule has 0 radical (unpaired) electrons. The van der Waals surface area contributed by atoms with Gasteiger partial charge < -0.3 is 16.2 Å². The Bertz CT molecular complexity index is 381. The Labute approximate surface area is 111 Å². The predicted molar refractivity (Wildman–Crippen MR) is 71.4 cm³/mol. The van der Waals surface area contributed by atoms with Crippen molar-refractivity contribution >= 4 is 28.9 Å². The lowest BCUT2D eigenvalue weighted by Gasteiger charge is -2.27. The van der Waals surface area contributed by atoms with Crippen molar-refractivity contribution in [2.24, 2.45) is 0 Å². The van der Waals surface area contributed by atoms with Gasteiger partial charge in [0.2, 0.25) is 0 Å². The van der Waals surface area contributed by atoms with Crippen LogP contribution in [0.3, 0.4) is 0 Å². The van der Waals surface area contributed by atoms with Gasteiger partial charge in [-0.2, -0.15) is 0 Å². The molecule has 0 saturated carbocycles. The minimum Gasteiger partial charge on any atom is -0.395 e. The summed E-state index contributed by atoms with van der Waals surface area (Å²) in [5.41, 5.74) is 6.28. The first-order chi connectivity index (χ1) is 7.74. The van der Waals surface area contributed by atoms with E-state index in [1.807, 2.05) is 20.8 Å². The van der Waals surface area contributed by atoms with Crippen molar-refractivity contribution in [1.29, 1.82) is 0 Å². The summed E-state index contributed by atoms with van der Waals surface area (Å²) >= 11 is 11.8. The monoisotopic (exact) mass is 277 g/mol. The van der Waals surface area contributed by atoms with Gasteiger partial charge in [-0.05, 0) is 26.8 Å². The molecular formula is C11H17Cl2N3O. The van der Waals surface area contributed by atoms with Crippen molar-refractivity contribution in [3.05, 3.63) is 21.9 Å². The molecule has 4 N–H and O–H groups in total. The van der Waals surface area contributed by atoms with Gasteiger partial charge >= 0.3 is 0 Å². The molecule has 1 aromatic rings. The van der Waals surface area contributed by atoms with Gasteiger partial charge in [0.1, 0.15) is 0 Å². The molecule has 0 aliphatic carbocycles. The van der Waals surface area contributed by atoms with Crippen molar-refractivity contribution in [2.45, 2.75) is 32.4 Å². The molecule has 4 nitrogen and oxygen atoms in total. The third kappa shape index (κ3) is 4.00. The van der Waals surface area contributed by atoms with Crippen LogP contribution in [0.1, 0.15) is 32.5 Å². The molecule has 1 heterocycles. The van der Waals surface area contributed by atoms with Crippen LogP contribution in [-0.2, 0) is 0 Å². The number of aliphatic hydroxyl groups is 1. The van der Waals surface area contributed by atoms with Crippen molar-refractivity contribution in [3.8, 4) is 0 Å². The standard InChI is InChI=1S/C11H17Cl2N3O/c1-11(2,3)16-8(5-17)7-4-6(12)9(14)10(13)15-7/h4,8,16-17H,5,14H2,1-3H3. The van der Waals surface area contributed by atoms with Gasteiger partial charge in [0.15, 0.2) is 5.15 Å². The maximum absolute atomic E-state index is 9.37. The summed E-state index contributed by atoms with van der Waals surface area (Å²) in [4.78, 5) is 4.12. The summed E-state index contributed by atoms with van der Waals surface area (Å²) in [5, 5.41) is 13.1. The lowest BCUT2D eigenvalue weighted by atomic mass is 10.1. The zero-order chi connectivity index (χ0) is 13.2. The number of rotatable bonds is 3. The van der Waals surface area contributed by atoms with E-state index < -0.39 is 0 Å². The van der Waals surface area contributed by atoms with E-state index in [9.17, 15) is 5.11 Å². The van der Waals surface area contributed by atoms with Gasteiger partial charge in [-0.1, -0.05) is 23.2 Å². The van der Waals surface area contributed by atoms with Crippen molar-refractivity contribution in [1.82, 2.24) is 10.3 Å². The van der Waals surface area contributed by atoms with E-state index in [-0.39, 0.29) is 29.0 Å². The molecule has 0 aromatic carbocycles. The Morgan fingerprint density at radius 3 is 2.47 bits per heavy atom. The Hall–Kier alpha value is -0.550. The number of halogens is 2. The molecular weight excluding hydrogens is 261 g/mol. The van der Waals surface area contributed by atoms with Gasteiger partial charge in [-0.25, -0.2) is 4.98 Å². The van der Waals surface area contributed by atoms with E-state index in [0.717, 1.165) is 0 Å². The summed E-state index contributed by atoms with van der Waals surface area (Å²) in [5.74, 6) is 0. The number of pyridine rings is 1. The highest BCUT2D eigenvalue weighted by atomic mass is 35.5. The Kier molecular flexibility index (Phi) is 4.61. The third-order valence-electron chi connectivity index (χ3n) is 2.13. The molecule has 0 amide bonds. The average Bonchev–Trinajstić information content (AvgIpc) is 2.20. The van der Waals surface area contributed by atoms with E-state index in [4.69, 9.17) is 28.9 Å². The van der Waals surface area contributed by atoms with Crippen LogP contribution >= 0.6 is 23.2 Å². The number of nitrogens with one attached hydrogen (secondary N) is 1. The van der Waals surface area contributed by atoms with Gasteiger partial charge in [0.05, 0.1) is 29.1 Å². The smallest absolute Gasteiger partial charge is 0.153 e. The summed E-state index contributed by atoms with van der Waals surface area (Å²) in [6.07, 6.45) is 0. The predicted octanol–water partition coefficient (Wildman–Crippen LogP) is 2.39. The van der Waals surface area contributed by atoms with Crippen LogP contribution in [0.2, 0.25) is 10.2 Å². The fourth-order valence-corrected chi connectivity index (χ4v) is 1.88. The van der Waals surface area contributed by atoms with Crippen LogP contribution < -0.4 is 11.1 Å². The SMILES string of the molecule is CC(C)(C)NC(CO)c1cc(Cl)c(N)c(Cl)n1. The molecule has 6 heteroatoms. The molecule has 0 bridgehead atoms. The minimum atomic E-state index is -0.328. The molecule has 0 spiro atoms. The minimum absolute atomic E-state index is 0.0964. The van der Waals surface area contributed by atoms with Crippen LogP contribution in [-0.4, -0.2) is 22.2 Å². The molecule has 1 aromatic heterocycles. The molecule has 96 valence electrons. The Morgan fingerprint density at radius 1 is 1.47 bits per heavy atom. The maximum atomic E-state index is 9.37. The van der Waals surface area contributed by atoms with Gasteiger partial charge in [-0.15, -0.1) is 0 Å². The van der Waals surface area contributed by atoms with Crippen molar-refractivity contribution in [2.75, 3.05) is 12.3 Å². The fraction of sp³-hybridized carbons (Fsp3) is 0.545. The average molecular weight is 278 g/mol. The van der Waals surface area contributed by atoms with E-state index in [2.05, 4.69) is 10.3 Å². The van der Waals surface area contributed by atoms with E-state index in [1.165, 1.54) is 0 Å². The Balaban J connectivity index is 3.05. The van der Waals surface area contributed by atoms with Crippen LogP contribution in [0, 0.1) is 0 Å². The second kappa shape index (κ2) is 5.40. The number of nitrogen functional groups attached to an aromatic ring is 1. The highest BCUT2D eigenvalue weighted by Crippen LogP contribution is 2.28. The number of nitrogens with two attached hydrogens (primary N) is 1. The lowest BCUT2D eigenvalue weighted by molar-refractivity contribution is 0.214. The fourth-order valence-electron chi connectivity index (χ4n) is 1.43. The molecule has 0 aliphatic rings. The molecule has 0 aliphatic heterocycles. The van der Waals surface area contributed by atoms with Crippen LogP contribution in [0.5, 0.6) is 0 Å². The molecule has 0 fully saturated rings. The van der Waals surface area contributed by atoms with Crippen LogP contribution in [0.25, 0.3) is 0 Å². The van der Waals surface area contributed by atoms with Crippen LogP contribution in [0.4, 0.5) is 5.69 Å². The summed E-state index contributed by atoms with van der Waals surface area (Å²) < 4.78 is 0. The number of hydrogen-bond acceptors (Lipinski definition) is 4. The molecule has 17 heavy (non-hydrogen) atoms. The highest BCUT2D eigenvalue weighted by molar-refractivity contribution is 6.38. The Morgan fingerprint density at radius 2 is 2.06 bits per heavy atom. The number of anilines is 1. The largest absolute Gasteiger partial charge is 0.395 e. The number of aliphatic hydroxyl groups excluding tert-OH is 1. The van der Waals surface area contributed by atoms with E-state index >= 15 is 0 Å². The number of aromatic nitrogens is 1. The molecule has 1 atom stereocenters. The summed E-state index contributed by atoms with van der Waals surface area (Å²) in [6.45, 7) is 5.89. The van der Waals surface area contributed by atoms with E-state index in [1.54, 1.807) is 6.07 Å². The van der Waals surface area contributed by atoms with Crippen molar-refractivity contribution < 1.29 is 5.11 Å². The first-order valence-electron chi connectivity index (χ1n) is 5.24. The first kappa shape index (κ1) is 14.5. The third-order valence-corrected chi connectivity index (χ3v) is 2.73. The molecule has 1 rings (SSSR count). The normalized spacial score (nSPS) is 13.8. The van der Waals surface area contributed by atoms with Gasteiger partial charge in [0, 0.05) is 5.54 Å². The number of nitrogens with zero attached hydrogens (tertiary/aromatic N) is 1. The van der Waals surface area contributed by atoms with E-state index in [0.29, 0.717) is 10.7 Å². The zero-order valence-electron chi connectivity index (χ0n) is 10.1. The molecule has 1 unspecified atom stereocenters. The summed E-state index contributed by atoms with van der Waals surface area (Å²) in [7, 11) is 0. The lowest BCUT2D eigenvalue weighted by Crippen LogP contribution is -2.40. The van der Waals surface area contributed by atoms with Crippen molar-refractivity contribution in [3.63, 3.8) is 0 Å². The molecule has 0 saturated heterocycles. The summed E-state index contributed by atoms with van der Waals surface area (Å²) in [6, 6.07) is 1.29. The highest BCUT2D eigenvalue weighted by Gasteiger charge is 2.20. The maximum Gasteiger partial charge on any atom is 0.153 e. The van der Waals surface area contributed by atoms with Crippen LogP contribution in [0.15, 0.2) is 6.07 Å². The van der Waals surface area contributed by atoms with Gasteiger partial charge in [-0.3, -0.25) is 0 Å². The second-order valence-electron chi connectivity index (χ2n) is 4.86. The first-order valence-corrected chi connectivity index (χ1v) is 6.00. The quantitative estimate of drug-likeness (QED) is 0.742.